The van der Waals surface area contributed by atoms with Crippen LogP contribution in [0.25, 0.3) is 0 Å². The van der Waals surface area contributed by atoms with E-state index >= 15 is 0 Å². The van der Waals surface area contributed by atoms with Crippen molar-refractivity contribution in [2.75, 3.05) is 19.6 Å². The van der Waals surface area contributed by atoms with E-state index in [1.165, 1.54) is 19.3 Å². The number of carbonyl (C=O) groups is 1. The molecule has 2 N–H and O–H groups in total. The lowest BCUT2D eigenvalue weighted by Gasteiger charge is -2.34. The SMILES string of the molecule is N#Cc1ccccc1OC1CCN(CCC2CCC(CC(N)=O)CC2)CC1. The number of para-hydroxylation sites is 1. The maximum atomic E-state index is 11.0. The molecule has 1 aromatic carbocycles. The summed E-state index contributed by atoms with van der Waals surface area (Å²) >= 11 is 0. The molecule has 1 aliphatic heterocycles. The number of nitrogens with zero attached hydrogens (tertiary/aromatic N) is 2. The van der Waals surface area contributed by atoms with Crippen LogP contribution in [-0.2, 0) is 4.79 Å². The van der Waals surface area contributed by atoms with Gasteiger partial charge in [0.25, 0.3) is 0 Å². The van der Waals surface area contributed by atoms with Crippen LogP contribution in [0.15, 0.2) is 24.3 Å². The molecule has 1 aliphatic carbocycles. The molecule has 0 aromatic heterocycles. The molecule has 1 aromatic rings. The second-order valence-electron chi connectivity index (χ2n) is 8.11. The van der Waals surface area contributed by atoms with Crippen LogP contribution in [0.5, 0.6) is 5.75 Å². The molecule has 5 nitrogen and oxygen atoms in total. The van der Waals surface area contributed by atoms with Crippen LogP contribution in [0.1, 0.15) is 56.9 Å². The van der Waals surface area contributed by atoms with Gasteiger partial charge in [-0.1, -0.05) is 25.0 Å². The number of carbonyl (C=O) groups excluding carboxylic acids is 1. The highest BCUT2D eigenvalue weighted by Gasteiger charge is 2.25. The van der Waals surface area contributed by atoms with Gasteiger partial charge >= 0.3 is 0 Å². The van der Waals surface area contributed by atoms with Gasteiger partial charge in [-0.3, -0.25) is 4.79 Å². The van der Waals surface area contributed by atoms with Gasteiger partial charge in [0.2, 0.25) is 5.91 Å². The summed E-state index contributed by atoms with van der Waals surface area (Å²) in [5.74, 6) is 1.88. The van der Waals surface area contributed by atoms with Gasteiger partial charge in [0.15, 0.2) is 0 Å². The maximum absolute atomic E-state index is 11.0. The molecular weight excluding hydrogens is 338 g/mol. The highest BCUT2D eigenvalue weighted by Crippen LogP contribution is 2.33. The van der Waals surface area contributed by atoms with E-state index in [0.717, 1.165) is 51.2 Å². The van der Waals surface area contributed by atoms with Crippen LogP contribution >= 0.6 is 0 Å². The molecule has 3 rings (SSSR count). The Bertz CT molecular complexity index is 654. The van der Waals surface area contributed by atoms with Crippen molar-refractivity contribution in [1.29, 1.82) is 5.26 Å². The number of benzene rings is 1. The number of hydrogen-bond donors (Lipinski definition) is 1. The van der Waals surface area contributed by atoms with Crippen LogP contribution in [0.2, 0.25) is 0 Å². The van der Waals surface area contributed by atoms with Crippen molar-refractivity contribution < 1.29 is 9.53 Å². The first-order valence-corrected chi connectivity index (χ1v) is 10.3. The largest absolute Gasteiger partial charge is 0.489 e. The third-order valence-electron chi connectivity index (χ3n) is 6.15. The fourth-order valence-electron chi connectivity index (χ4n) is 4.47. The molecule has 146 valence electrons. The summed E-state index contributed by atoms with van der Waals surface area (Å²) in [6, 6.07) is 9.69. The van der Waals surface area contributed by atoms with Gasteiger partial charge in [0.1, 0.15) is 17.9 Å². The van der Waals surface area contributed by atoms with Gasteiger partial charge in [0.05, 0.1) is 5.56 Å². The van der Waals surface area contributed by atoms with E-state index in [4.69, 9.17) is 10.5 Å². The van der Waals surface area contributed by atoms with Gasteiger partial charge in [0, 0.05) is 19.5 Å². The molecule has 0 unspecified atom stereocenters. The second-order valence-corrected chi connectivity index (χ2v) is 8.11. The van der Waals surface area contributed by atoms with Gasteiger partial charge in [-0.2, -0.15) is 5.26 Å². The Labute approximate surface area is 162 Å². The molecule has 5 heteroatoms. The number of amides is 1. The zero-order valence-electron chi connectivity index (χ0n) is 16.1. The Balaban J connectivity index is 1.34. The first-order chi connectivity index (χ1) is 13.1. The Hall–Kier alpha value is -2.06. The van der Waals surface area contributed by atoms with E-state index in [1.807, 2.05) is 24.3 Å². The minimum Gasteiger partial charge on any atom is -0.489 e. The Morgan fingerprint density at radius 2 is 1.78 bits per heavy atom. The van der Waals surface area contributed by atoms with E-state index < -0.39 is 0 Å². The molecule has 1 heterocycles. The van der Waals surface area contributed by atoms with E-state index in [1.54, 1.807) is 0 Å². The van der Waals surface area contributed by atoms with Crippen LogP contribution in [0.3, 0.4) is 0 Å². The van der Waals surface area contributed by atoms with Gasteiger partial charge in [-0.15, -0.1) is 0 Å². The molecule has 0 spiro atoms. The van der Waals surface area contributed by atoms with Crippen molar-refractivity contribution in [3.8, 4) is 11.8 Å². The average molecular weight is 370 g/mol. The van der Waals surface area contributed by atoms with Gasteiger partial charge < -0.3 is 15.4 Å². The highest BCUT2D eigenvalue weighted by molar-refractivity contribution is 5.73. The van der Waals surface area contributed by atoms with Crippen molar-refractivity contribution in [2.24, 2.45) is 17.6 Å². The minimum absolute atomic E-state index is 0.152. The van der Waals surface area contributed by atoms with Crippen LogP contribution in [0, 0.1) is 23.2 Å². The van der Waals surface area contributed by atoms with Gasteiger partial charge in [-0.05, 0) is 62.6 Å². The zero-order chi connectivity index (χ0) is 19.1. The van der Waals surface area contributed by atoms with E-state index in [2.05, 4.69) is 11.0 Å². The fourth-order valence-corrected chi connectivity index (χ4v) is 4.47. The standard InChI is InChI=1S/C22H31N3O2/c23-16-19-3-1-2-4-21(19)27-20-10-13-25(14-11-20)12-9-17-5-7-18(8-6-17)15-22(24)26/h1-4,17-18,20H,5-15H2,(H2,24,26). The zero-order valence-corrected chi connectivity index (χ0v) is 16.1. The first kappa shape index (κ1) is 19.7. The van der Waals surface area contributed by atoms with Crippen LogP contribution < -0.4 is 10.5 Å². The topological polar surface area (TPSA) is 79.3 Å². The average Bonchev–Trinajstić information content (AvgIpc) is 2.68. The lowest BCUT2D eigenvalue weighted by Crippen LogP contribution is -2.39. The second kappa shape index (κ2) is 9.75. The van der Waals surface area contributed by atoms with E-state index in [-0.39, 0.29) is 12.0 Å². The summed E-state index contributed by atoms with van der Waals surface area (Å²) in [4.78, 5) is 13.6. The van der Waals surface area contributed by atoms with Crippen LogP contribution in [0.4, 0.5) is 0 Å². The maximum Gasteiger partial charge on any atom is 0.217 e. The molecule has 1 amide bonds. The number of primary amides is 1. The summed E-state index contributed by atoms with van der Waals surface area (Å²) in [5, 5.41) is 9.18. The fraction of sp³-hybridized carbons (Fsp3) is 0.636. The third-order valence-corrected chi connectivity index (χ3v) is 6.15. The van der Waals surface area contributed by atoms with Crippen molar-refractivity contribution in [3.63, 3.8) is 0 Å². The molecule has 1 saturated heterocycles. The highest BCUT2D eigenvalue weighted by atomic mass is 16.5. The normalized spacial score (nSPS) is 24.3. The van der Waals surface area contributed by atoms with Crippen LogP contribution in [-0.4, -0.2) is 36.5 Å². The van der Waals surface area contributed by atoms with Crippen molar-refractivity contribution in [1.82, 2.24) is 4.90 Å². The van der Waals surface area contributed by atoms with E-state index in [0.29, 0.717) is 23.7 Å². The molecule has 2 fully saturated rings. The summed E-state index contributed by atoms with van der Waals surface area (Å²) in [5.41, 5.74) is 5.94. The number of likely N-dealkylation sites (tertiary alicyclic amines) is 1. The quantitative estimate of drug-likeness (QED) is 0.798. The Morgan fingerprint density at radius 3 is 2.44 bits per heavy atom. The number of rotatable bonds is 7. The summed E-state index contributed by atoms with van der Waals surface area (Å²) < 4.78 is 6.08. The smallest absolute Gasteiger partial charge is 0.217 e. The predicted molar refractivity (Wildman–Crippen MR) is 105 cm³/mol. The van der Waals surface area contributed by atoms with Crippen molar-refractivity contribution >= 4 is 5.91 Å². The van der Waals surface area contributed by atoms with E-state index in [9.17, 15) is 10.1 Å². The number of piperidine rings is 1. The number of hydrogen-bond acceptors (Lipinski definition) is 4. The molecule has 0 radical (unpaired) electrons. The number of nitriles is 1. The Morgan fingerprint density at radius 1 is 1.11 bits per heavy atom. The van der Waals surface area contributed by atoms with Gasteiger partial charge in [-0.25, -0.2) is 0 Å². The Kier molecular flexibility index (Phi) is 7.11. The summed E-state index contributed by atoms with van der Waals surface area (Å²) in [6.07, 6.45) is 8.85. The van der Waals surface area contributed by atoms with Crippen molar-refractivity contribution in [2.45, 2.75) is 57.5 Å². The third kappa shape index (κ3) is 5.97. The number of ether oxygens (including phenoxy) is 1. The molecule has 1 saturated carbocycles. The molecule has 27 heavy (non-hydrogen) atoms. The first-order valence-electron chi connectivity index (χ1n) is 10.3. The number of nitrogens with two attached hydrogens (primary N) is 1. The lowest BCUT2D eigenvalue weighted by atomic mass is 9.79. The lowest BCUT2D eigenvalue weighted by molar-refractivity contribution is -0.119. The summed E-state index contributed by atoms with van der Waals surface area (Å²) in [6.45, 7) is 3.29. The molecule has 0 atom stereocenters. The monoisotopic (exact) mass is 369 g/mol. The summed E-state index contributed by atoms with van der Waals surface area (Å²) in [7, 11) is 0. The predicted octanol–water partition coefficient (Wildman–Crippen LogP) is 3.47. The molecular formula is C22H31N3O2. The molecule has 2 aliphatic rings. The van der Waals surface area contributed by atoms with Crippen molar-refractivity contribution in [3.05, 3.63) is 29.8 Å². The minimum atomic E-state index is -0.152. The molecule has 0 bridgehead atoms.